The lowest BCUT2D eigenvalue weighted by Gasteiger charge is -2.37. The average molecular weight is 226 g/mol. The third-order valence-electron chi connectivity index (χ3n) is 4.13. The predicted octanol–water partition coefficient (Wildman–Crippen LogP) is 0.398. The van der Waals surface area contributed by atoms with E-state index in [-0.39, 0.29) is 5.54 Å². The molecule has 0 aromatic carbocycles. The summed E-state index contributed by atoms with van der Waals surface area (Å²) in [7, 11) is 2.19. The van der Waals surface area contributed by atoms with Crippen molar-refractivity contribution in [3.05, 3.63) is 0 Å². The monoisotopic (exact) mass is 226 g/mol. The zero-order valence-corrected chi connectivity index (χ0v) is 10.7. The molecule has 2 atom stereocenters. The molecule has 2 unspecified atom stereocenters. The van der Waals surface area contributed by atoms with E-state index < -0.39 is 0 Å². The summed E-state index contributed by atoms with van der Waals surface area (Å²) >= 11 is 0. The van der Waals surface area contributed by atoms with Crippen LogP contribution in [0.15, 0.2) is 0 Å². The number of hydrazine groups is 1. The molecule has 2 heterocycles. The van der Waals surface area contributed by atoms with Gasteiger partial charge in [-0.15, -0.1) is 0 Å². The zero-order valence-electron chi connectivity index (χ0n) is 10.7. The summed E-state index contributed by atoms with van der Waals surface area (Å²) in [6.07, 6.45) is 5.18. The molecule has 0 aliphatic carbocycles. The van der Waals surface area contributed by atoms with Gasteiger partial charge in [0.15, 0.2) is 0 Å². The van der Waals surface area contributed by atoms with Crippen LogP contribution in [0.25, 0.3) is 0 Å². The molecular formula is C12H26N4. The van der Waals surface area contributed by atoms with Crippen LogP contribution in [-0.2, 0) is 0 Å². The molecule has 2 rings (SSSR count). The molecule has 3 N–H and O–H groups in total. The second-order valence-corrected chi connectivity index (χ2v) is 5.61. The summed E-state index contributed by atoms with van der Waals surface area (Å²) in [4.78, 5) is 2.41. The SMILES string of the molecule is CC1CC(CN)(NN2CCCCC2)CN1C. The highest BCUT2D eigenvalue weighted by atomic mass is 15.5. The van der Waals surface area contributed by atoms with Gasteiger partial charge in [-0.2, -0.15) is 0 Å². The molecule has 0 saturated carbocycles. The number of nitrogens with one attached hydrogen (secondary N) is 1. The maximum Gasteiger partial charge on any atom is 0.0589 e. The third-order valence-corrected chi connectivity index (χ3v) is 4.13. The number of likely N-dealkylation sites (N-methyl/N-ethyl adjacent to an activating group) is 1. The molecule has 4 nitrogen and oxygen atoms in total. The highest BCUT2D eigenvalue weighted by molar-refractivity contribution is 5.00. The minimum Gasteiger partial charge on any atom is -0.329 e. The number of likely N-dealkylation sites (tertiary alicyclic amines) is 1. The molecule has 0 amide bonds. The number of piperidine rings is 1. The molecule has 4 heteroatoms. The fraction of sp³-hybridized carbons (Fsp3) is 1.00. The Morgan fingerprint density at radius 3 is 2.50 bits per heavy atom. The summed E-state index contributed by atoms with van der Waals surface area (Å²) in [6.45, 7) is 6.45. The van der Waals surface area contributed by atoms with Crippen molar-refractivity contribution in [2.45, 2.75) is 44.2 Å². The molecule has 0 spiro atoms. The molecule has 2 fully saturated rings. The Morgan fingerprint density at radius 1 is 1.31 bits per heavy atom. The van der Waals surface area contributed by atoms with Crippen molar-refractivity contribution in [3.8, 4) is 0 Å². The number of nitrogens with zero attached hydrogens (tertiary/aromatic N) is 2. The van der Waals surface area contributed by atoms with Crippen LogP contribution in [0, 0.1) is 0 Å². The van der Waals surface area contributed by atoms with E-state index in [2.05, 4.69) is 29.3 Å². The van der Waals surface area contributed by atoms with Gasteiger partial charge in [-0.3, -0.25) is 0 Å². The smallest absolute Gasteiger partial charge is 0.0589 e. The standard InChI is InChI=1S/C12H26N4/c1-11-8-12(9-13,10-15(11)2)14-16-6-4-3-5-7-16/h11,14H,3-10,13H2,1-2H3. The van der Waals surface area contributed by atoms with Crippen LogP contribution in [-0.4, -0.2) is 54.7 Å². The summed E-state index contributed by atoms with van der Waals surface area (Å²) < 4.78 is 0. The minimum absolute atomic E-state index is 0.117. The first-order valence-corrected chi connectivity index (χ1v) is 6.58. The van der Waals surface area contributed by atoms with Crippen LogP contribution in [0.1, 0.15) is 32.6 Å². The second-order valence-electron chi connectivity index (χ2n) is 5.61. The molecule has 0 aromatic heterocycles. The summed E-state index contributed by atoms with van der Waals surface area (Å²) in [5.74, 6) is 0. The van der Waals surface area contributed by atoms with E-state index in [0.29, 0.717) is 6.04 Å². The largest absolute Gasteiger partial charge is 0.329 e. The first-order valence-electron chi connectivity index (χ1n) is 6.58. The Bertz CT molecular complexity index is 215. The van der Waals surface area contributed by atoms with E-state index in [4.69, 9.17) is 5.73 Å². The van der Waals surface area contributed by atoms with Gasteiger partial charge in [-0.1, -0.05) is 6.42 Å². The van der Waals surface area contributed by atoms with Crippen molar-refractivity contribution in [2.24, 2.45) is 5.73 Å². The number of rotatable bonds is 3. The van der Waals surface area contributed by atoms with Gasteiger partial charge in [-0.25, -0.2) is 10.4 Å². The molecule has 2 aliphatic heterocycles. The highest BCUT2D eigenvalue weighted by Gasteiger charge is 2.40. The summed E-state index contributed by atoms with van der Waals surface area (Å²) in [5.41, 5.74) is 9.82. The molecule has 2 aliphatic rings. The Morgan fingerprint density at radius 2 is 2.00 bits per heavy atom. The maximum atomic E-state index is 5.99. The van der Waals surface area contributed by atoms with Crippen molar-refractivity contribution in [3.63, 3.8) is 0 Å². The lowest BCUT2D eigenvalue weighted by atomic mass is 9.97. The van der Waals surface area contributed by atoms with Crippen LogP contribution in [0.4, 0.5) is 0 Å². The Hall–Kier alpha value is -0.160. The van der Waals surface area contributed by atoms with Crippen LogP contribution in [0.5, 0.6) is 0 Å². The topological polar surface area (TPSA) is 44.5 Å². The van der Waals surface area contributed by atoms with Crippen molar-refractivity contribution in [1.29, 1.82) is 0 Å². The lowest BCUT2D eigenvalue weighted by Crippen LogP contribution is -2.60. The predicted molar refractivity (Wildman–Crippen MR) is 67.1 cm³/mol. The average Bonchev–Trinajstić information content (AvgIpc) is 2.56. The van der Waals surface area contributed by atoms with E-state index in [0.717, 1.165) is 19.5 Å². The van der Waals surface area contributed by atoms with Gasteiger partial charge in [0.05, 0.1) is 5.54 Å². The molecule has 2 saturated heterocycles. The van der Waals surface area contributed by atoms with Gasteiger partial charge in [0.25, 0.3) is 0 Å². The zero-order chi connectivity index (χ0) is 11.6. The molecule has 94 valence electrons. The van der Waals surface area contributed by atoms with Crippen molar-refractivity contribution < 1.29 is 0 Å². The second kappa shape index (κ2) is 5.00. The van der Waals surface area contributed by atoms with E-state index in [1.54, 1.807) is 0 Å². The molecule has 0 radical (unpaired) electrons. The Balaban J connectivity index is 1.94. The van der Waals surface area contributed by atoms with Gasteiger partial charge >= 0.3 is 0 Å². The minimum atomic E-state index is 0.117. The number of nitrogens with two attached hydrogens (primary N) is 1. The molecule has 0 aromatic rings. The van der Waals surface area contributed by atoms with Gasteiger partial charge in [0, 0.05) is 32.2 Å². The Labute approximate surface area is 99.1 Å². The van der Waals surface area contributed by atoms with Crippen molar-refractivity contribution in [1.82, 2.24) is 15.3 Å². The normalized spacial score (nSPS) is 38.1. The van der Waals surface area contributed by atoms with Crippen molar-refractivity contribution >= 4 is 0 Å². The van der Waals surface area contributed by atoms with Crippen LogP contribution < -0.4 is 11.2 Å². The first-order chi connectivity index (χ1) is 7.65. The van der Waals surface area contributed by atoms with Gasteiger partial charge < -0.3 is 10.6 Å². The number of hydrogen-bond donors (Lipinski definition) is 2. The van der Waals surface area contributed by atoms with Crippen LogP contribution in [0.3, 0.4) is 0 Å². The molecule has 0 bridgehead atoms. The fourth-order valence-electron chi connectivity index (χ4n) is 3.03. The summed E-state index contributed by atoms with van der Waals surface area (Å²) in [5, 5.41) is 2.39. The first kappa shape index (κ1) is 12.3. The van der Waals surface area contributed by atoms with E-state index >= 15 is 0 Å². The third kappa shape index (κ3) is 2.56. The van der Waals surface area contributed by atoms with Gasteiger partial charge in [-0.05, 0) is 33.2 Å². The molecule has 16 heavy (non-hydrogen) atoms. The fourth-order valence-corrected chi connectivity index (χ4v) is 3.03. The van der Waals surface area contributed by atoms with Gasteiger partial charge in [0.2, 0.25) is 0 Å². The quantitative estimate of drug-likeness (QED) is 0.731. The number of hydrogen-bond acceptors (Lipinski definition) is 4. The Kier molecular flexibility index (Phi) is 3.85. The lowest BCUT2D eigenvalue weighted by molar-refractivity contribution is 0.0869. The van der Waals surface area contributed by atoms with Crippen molar-refractivity contribution in [2.75, 3.05) is 33.2 Å². The van der Waals surface area contributed by atoms with Gasteiger partial charge in [0.1, 0.15) is 0 Å². The van der Waals surface area contributed by atoms with E-state index in [1.165, 1.54) is 32.4 Å². The molecular weight excluding hydrogens is 200 g/mol. The van der Waals surface area contributed by atoms with E-state index in [9.17, 15) is 0 Å². The maximum absolute atomic E-state index is 5.99. The van der Waals surface area contributed by atoms with Crippen LogP contribution >= 0.6 is 0 Å². The van der Waals surface area contributed by atoms with Crippen LogP contribution in [0.2, 0.25) is 0 Å². The summed E-state index contributed by atoms with van der Waals surface area (Å²) in [6, 6.07) is 0.640. The highest BCUT2D eigenvalue weighted by Crippen LogP contribution is 2.25. The van der Waals surface area contributed by atoms with E-state index in [1.807, 2.05) is 0 Å².